The van der Waals surface area contributed by atoms with Crippen LogP contribution in [0.1, 0.15) is 39.5 Å². The van der Waals surface area contributed by atoms with E-state index in [9.17, 15) is 0 Å². The Labute approximate surface area is 68.4 Å². The van der Waals surface area contributed by atoms with E-state index >= 15 is 0 Å². The van der Waals surface area contributed by atoms with Crippen LogP contribution >= 0.6 is 0 Å². The van der Waals surface area contributed by atoms with Gasteiger partial charge in [-0.1, -0.05) is 13.8 Å². The first-order valence-corrected chi connectivity index (χ1v) is 3.98. The van der Waals surface area contributed by atoms with Crippen LogP contribution in [0.25, 0.3) is 0 Å². The monoisotopic (exact) mass is 150 g/mol. The predicted molar refractivity (Wildman–Crippen MR) is 43.5 cm³/mol. The maximum absolute atomic E-state index is 8.53. The van der Waals surface area contributed by atoms with Gasteiger partial charge in [0.25, 0.3) is 0 Å². The van der Waals surface area contributed by atoms with Gasteiger partial charge in [-0.3, -0.25) is 0 Å². The lowest BCUT2D eigenvalue weighted by Gasteiger charge is -2.25. The topological polar surface area (TPSA) is 47.6 Å². The zero-order valence-electron chi connectivity index (χ0n) is 7.22. The highest BCUT2D eigenvalue weighted by Gasteiger charge is 2.25. The molecule has 0 aromatic heterocycles. The number of rotatable bonds is 4. The van der Waals surface area contributed by atoms with Crippen LogP contribution in [0.15, 0.2) is 0 Å². The Morgan fingerprint density at radius 2 is 1.36 bits per heavy atom. The van der Waals surface area contributed by atoms with Crippen LogP contribution in [0.2, 0.25) is 0 Å². The van der Waals surface area contributed by atoms with E-state index in [1.165, 1.54) is 0 Å². The van der Waals surface area contributed by atoms with Crippen molar-refractivity contribution in [3.05, 3.63) is 0 Å². The summed E-state index contributed by atoms with van der Waals surface area (Å²) in [5.41, 5.74) is -0.0382. The largest absolute Gasteiger partial charge is 0.198 e. The maximum Gasteiger partial charge on any atom is 0.0627 e. The highest BCUT2D eigenvalue weighted by molar-refractivity contribution is 4.93. The molecule has 0 aromatic carbocycles. The summed E-state index contributed by atoms with van der Waals surface area (Å²) in [6.07, 6.45) is 2.86. The van der Waals surface area contributed by atoms with Crippen molar-refractivity contribution in [2.45, 2.75) is 39.5 Å². The number of hydrogen-bond donors (Lipinski definition) is 0. The molecule has 0 rings (SSSR count). The van der Waals surface area contributed by atoms with E-state index < -0.39 is 0 Å². The Bertz CT molecular complexity index is 161. The molecular formula is C9H14N2. The maximum atomic E-state index is 8.53. The van der Waals surface area contributed by atoms with Crippen LogP contribution in [0, 0.1) is 28.1 Å². The highest BCUT2D eigenvalue weighted by Crippen LogP contribution is 2.33. The van der Waals surface area contributed by atoms with Crippen LogP contribution in [-0.2, 0) is 0 Å². The van der Waals surface area contributed by atoms with Crippen molar-refractivity contribution in [2.75, 3.05) is 0 Å². The molecule has 0 aliphatic carbocycles. The Balaban J connectivity index is 4.25. The summed E-state index contributed by atoms with van der Waals surface area (Å²) >= 11 is 0. The van der Waals surface area contributed by atoms with E-state index in [1.807, 2.05) is 13.8 Å². The summed E-state index contributed by atoms with van der Waals surface area (Å²) in [6.45, 7) is 4.08. The van der Waals surface area contributed by atoms with Crippen LogP contribution < -0.4 is 0 Å². The summed E-state index contributed by atoms with van der Waals surface area (Å²) in [7, 11) is 0. The molecule has 0 amide bonds. The molecule has 0 bridgehead atoms. The first kappa shape index (κ1) is 9.98. The molecule has 0 saturated carbocycles. The van der Waals surface area contributed by atoms with E-state index in [0.29, 0.717) is 12.8 Å². The standard InChI is InChI=1S/C9H14N2/c1-3-9(4-2,5-7-10)6-8-11/h3-6H2,1-2H3. The van der Waals surface area contributed by atoms with Crippen molar-refractivity contribution < 1.29 is 0 Å². The molecule has 0 heterocycles. The Hall–Kier alpha value is -1.02. The first-order valence-electron chi connectivity index (χ1n) is 3.98. The Morgan fingerprint density at radius 3 is 1.55 bits per heavy atom. The molecular weight excluding hydrogens is 136 g/mol. The molecule has 0 spiro atoms. The Morgan fingerprint density at radius 1 is 1.00 bits per heavy atom. The Kier molecular flexibility index (Phi) is 4.30. The normalized spacial score (nSPS) is 10.2. The van der Waals surface area contributed by atoms with Gasteiger partial charge in [0, 0.05) is 12.8 Å². The van der Waals surface area contributed by atoms with Gasteiger partial charge in [0.1, 0.15) is 0 Å². The smallest absolute Gasteiger partial charge is 0.0627 e. The molecule has 0 N–H and O–H groups in total. The minimum atomic E-state index is -0.0382. The predicted octanol–water partition coefficient (Wildman–Crippen LogP) is 2.62. The minimum absolute atomic E-state index is 0.0382. The van der Waals surface area contributed by atoms with Gasteiger partial charge in [0.2, 0.25) is 0 Å². The van der Waals surface area contributed by atoms with Crippen molar-refractivity contribution in [3.8, 4) is 12.1 Å². The molecule has 2 nitrogen and oxygen atoms in total. The molecule has 0 radical (unpaired) electrons. The third-order valence-corrected chi connectivity index (χ3v) is 2.41. The molecule has 11 heavy (non-hydrogen) atoms. The molecule has 0 aliphatic heterocycles. The lowest BCUT2D eigenvalue weighted by Crippen LogP contribution is -2.17. The molecule has 0 unspecified atom stereocenters. The lowest BCUT2D eigenvalue weighted by molar-refractivity contribution is 0.276. The van der Waals surface area contributed by atoms with Gasteiger partial charge in [-0.15, -0.1) is 0 Å². The minimum Gasteiger partial charge on any atom is -0.198 e. The number of nitriles is 2. The molecule has 60 valence electrons. The van der Waals surface area contributed by atoms with Gasteiger partial charge in [0.05, 0.1) is 12.1 Å². The second kappa shape index (κ2) is 4.74. The fourth-order valence-electron chi connectivity index (χ4n) is 1.15. The average molecular weight is 150 g/mol. The van der Waals surface area contributed by atoms with Crippen molar-refractivity contribution in [3.63, 3.8) is 0 Å². The van der Waals surface area contributed by atoms with E-state index in [2.05, 4.69) is 12.1 Å². The quantitative estimate of drug-likeness (QED) is 0.618. The first-order chi connectivity index (χ1) is 5.24. The fourth-order valence-corrected chi connectivity index (χ4v) is 1.15. The van der Waals surface area contributed by atoms with Crippen molar-refractivity contribution in [1.29, 1.82) is 10.5 Å². The van der Waals surface area contributed by atoms with Gasteiger partial charge in [-0.25, -0.2) is 0 Å². The van der Waals surface area contributed by atoms with Crippen molar-refractivity contribution in [1.82, 2.24) is 0 Å². The fraction of sp³-hybridized carbons (Fsp3) is 0.778. The van der Waals surface area contributed by atoms with Crippen molar-refractivity contribution in [2.24, 2.45) is 5.41 Å². The number of hydrogen-bond acceptors (Lipinski definition) is 2. The zero-order chi connectivity index (χ0) is 8.74. The van der Waals surface area contributed by atoms with Gasteiger partial charge in [-0.05, 0) is 18.3 Å². The van der Waals surface area contributed by atoms with Gasteiger partial charge in [-0.2, -0.15) is 10.5 Å². The summed E-state index contributed by atoms with van der Waals surface area (Å²) in [5, 5.41) is 17.1. The van der Waals surface area contributed by atoms with Gasteiger partial charge < -0.3 is 0 Å². The van der Waals surface area contributed by atoms with Crippen LogP contribution in [-0.4, -0.2) is 0 Å². The molecule has 0 aliphatic rings. The van der Waals surface area contributed by atoms with E-state index in [0.717, 1.165) is 12.8 Å². The third kappa shape index (κ3) is 2.60. The highest BCUT2D eigenvalue weighted by atomic mass is 14.3. The van der Waals surface area contributed by atoms with E-state index in [1.54, 1.807) is 0 Å². The lowest BCUT2D eigenvalue weighted by atomic mass is 9.77. The molecule has 2 heteroatoms. The molecule has 0 saturated heterocycles. The summed E-state index contributed by atoms with van der Waals surface area (Å²) < 4.78 is 0. The third-order valence-electron chi connectivity index (χ3n) is 2.41. The SMILES string of the molecule is CCC(CC)(CC#N)CC#N. The average Bonchev–Trinajstić information content (AvgIpc) is 2.04. The summed E-state index contributed by atoms with van der Waals surface area (Å²) in [4.78, 5) is 0. The van der Waals surface area contributed by atoms with Crippen LogP contribution in [0.4, 0.5) is 0 Å². The van der Waals surface area contributed by atoms with Gasteiger partial charge in [0.15, 0.2) is 0 Å². The summed E-state index contributed by atoms with van der Waals surface area (Å²) in [6, 6.07) is 4.29. The molecule has 0 aromatic rings. The van der Waals surface area contributed by atoms with Crippen molar-refractivity contribution >= 4 is 0 Å². The van der Waals surface area contributed by atoms with Gasteiger partial charge >= 0.3 is 0 Å². The number of nitrogens with zero attached hydrogens (tertiary/aromatic N) is 2. The summed E-state index contributed by atoms with van der Waals surface area (Å²) in [5.74, 6) is 0. The second-order valence-electron chi connectivity index (χ2n) is 2.88. The van der Waals surface area contributed by atoms with E-state index in [-0.39, 0.29) is 5.41 Å². The van der Waals surface area contributed by atoms with Crippen LogP contribution in [0.3, 0.4) is 0 Å². The molecule has 0 atom stereocenters. The molecule has 0 fully saturated rings. The zero-order valence-corrected chi connectivity index (χ0v) is 7.22. The van der Waals surface area contributed by atoms with E-state index in [4.69, 9.17) is 10.5 Å². The van der Waals surface area contributed by atoms with Crippen LogP contribution in [0.5, 0.6) is 0 Å². The second-order valence-corrected chi connectivity index (χ2v) is 2.88.